The van der Waals surface area contributed by atoms with Gasteiger partial charge in [0.05, 0.1) is 6.04 Å². The van der Waals surface area contributed by atoms with Crippen LogP contribution in [0.4, 0.5) is 0 Å². The minimum absolute atomic E-state index is 0.159. The average Bonchev–Trinajstić information content (AvgIpc) is 2.58. The van der Waals surface area contributed by atoms with Crippen molar-refractivity contribution in [2.24, 2.45) is 5.84 Å². The molecular weight excluding hydrogens is 296 g/mol. The summed E-state index contributed by atoms with van der Waals surface area (Å²) in [5, 5.41) is 0. The first kappa shape index (κ1) is 13.7. The predicted molar refractivity (Wildman–Crippen MR) is 65.4 cm³/mol. The second kappa shape index (κ2) is 5.81. The summed E-state index contributed by atoms with van der Waals surface area (Å²) in [6, 6.07) is 3.42. The van der Waals surface area contributed by atoms with Crippen LogP contribution in [-0.4, -0.2) is 20.4 Å². The minimum Gasteiger partial charge on any atom is -0.453 e. The lowest BCUT2D eigenvalue weighted by atomic mass is 10.1. The van der Waals surface area contributed by atoms with Gasteiger partial charge in [-0.2, -0.15) is 0 Å². The van der Waals surface area contributed by atoms with Crippen molar-refractivity contribution in [3.8, 4) is 0 Å². The lowest BCUT2D eigenvalue weighted by Crippen LogP contribution is -2.28. The summed E-state index contributed by atoms with van der Waals surface area (Å²) < 4.78 is 27.9. The van der Waals surface area contributed by atoms with Crippen molar-refractivity contribution >= 4 is 25.8 Å². The van der Waals surface area contributed by atoms with Crippen LogP contribution in [0.15, 0.2) is 21.2 Å². The van der Waals surface area contributed by atoms with Gasteiger partial charge in [0.1, 0.15) is 15.6 Å². The number of hydrazine groups is 1. The van der Waals surface area contributed by atoms with Crippen molar-refractivity contribution in [1.29, 1.82) is 0 Å². The van der Waals surface area contributed by atoms with Gasteiger partial charge in [0.25, 0.3) is 0 Å². The Balaban J connectivity index is 2.50. The molecule has 0 spiro atoms. The number of sulfone groups is 1. The summed E-state index contributed by atoms with van der Waals surface area (Å²) in [5.74, 6) is 6.25. The van der Waals surface area contributed by atoms with Gasteiger partial charge in [-0.15, -0.1) is 0 Å². The largest absolute Gasteiger partial charge is 0.453 e. The van der Waals surface area contributed by atoms with Crippen LogP contribution in [-0.2, 0) is 9.84 Å². The van der Waals surface area contributed by atoms with E-state index in [1.54, 1.807) is 12.1 Å². The molecule has 0 saturated heterocycles. The SMILES string of the molecule is CS(=O)(=O)CCCC(NN)c1ccc(Br)o1. The number of furan rings is 1. The zero-order valence-electron chi connectivity index (χ0n) is 8.94. The van der Waals surface area contributed by atoms with E-state index in [4.69, 9.17) is 10.3 Å². The Bertz CT molecular complexity index is 430. The first-order valence-corrected chi connectivity index (χ1v) is 7.67. The molecule has 92 valence electrons. The van der Waals surface area contributed by atoms with Crippen molar-refractivity contribution in [3.63, 3.8) is 0 Å². The van der Waals surface area contributed by atoms with Gasteiger partial charge in [-0.3, -0.25) is 5.84 Å². The van der Waals surface area contributed by atoms with E-state index in [0.29, 0.717) is 23.3 Å². The summed E-state index contributed by atoms with van der Waals surface area (Å²) in [7, 11) is -2.91. The molecule has 0 aliphatic rings. The average molecular weight is 311 g/mol. The molecule has 1 aromatic rings. The van der Waals surface area contributed by atoms with Gasteiger partial charge >= 0.3 is 0 Å². The number of halogens is 1. The van der Waals surface area contributed by atoms with Crippen LogP contribution in [0.1, 0.15) is 24.6 Å². The maximum atomic E-state index is 11.0. The monoisotopic (exact) mass is 310 g/mol. The van der Waals surface area contributed by atoms with Crippen molar-refractivity contribution in [3.05, 3.63) is 22.6 Å². The molecule has 1 atom stereocenters. The summed E-state index contributed by atoms with van der Waals surface area (Å²) in [6.45, 7) is 0. The van der Waals surface area contributed by atoms with Crippen LogP contribution in [0.3, 0.4) is 0 Å². The number of nitrogens with one attached hydrogen (secondary N) is 1. The molecule has 3 N–H and O–H groups in total. The molecule has 0 saturated carbocycles. The lowest BCUT2D eigenvalue weighted by molar-refractivity contribution is 0.389. The quantitative estimate of drug-likeness (QED) is 0.612. The smallest absolute Gasteiger partial charge is 0.169 e. The van der Waals surface area contributed by atoms with E-state index < -0.39 is 9.84 Å². The third-order valence-electron chi connectivity index (χ3n) is 2.15. The van der Waals surface area contributed by atoms with Crippen LogP contribution in [0.5, 0.6) is 0 Å². The molecule has 5 nitrogen and oxygen atoms in total. The first-order valence-electron chi connectivity index (χ1n) is 4.81. The van der Waals surface area contributed by atoms with Gasteiger partial charge in [-0.05, 0) is 40.9 Å². The number of nitrogens with two attached hydrogens (primary N) is 1. The Labute approximate surface area is 103 Å². The number of hydrogen-bond donors (Lipinski definition) is 2. The second-order valence-electron chi connectivity index (χ2n) is 3.63. The lowest BCUT2D eigenvalue weighted by Gasteiger charge is -2.12. The van der Waals surface area contributed by atoms with Gasteiger partial charge in [0, 0.05) is 12.0 Å². The highest BCUT2D eigenvalue weighted by molar-refractivity contribution is 9.10. The zero-order valence-corrected chi connectivity index (χ0v) is 11.3. The molecule has 0 aromatic carbocycles. The molecule has 0 aliphatic carbocycles. The summed E-state index contributed by atoms with van der Waals surface area (Å²) in [4.78, 5) is 0. The molecular formula is C9H15BrN2O3S. The fraction of sp³-hybridized carbons (Fsp3) is 0.556. The minimum atomic E-state index is -2.91. The molecule has 0 amide bonds. The summed E-state index contributed by atoms with van der Waals surface area (Å²) >= 11 is 3.20. The van der Waals surface area contributed by atoms with Crippen molar-refractivity contribution in [2.45, 2.75) is 18.9 Å². The van der Waals surface area contributed by atoms with Gasteiger partial charge in [0.2, 0.25) is 0 Å². The Hall–Kier alpha value is -0.370. The Morgan fingerprint density at radius 2 is 2.25 bits per heavy atom. The maximum absolute atomic E-state index is 11.0. The van der Waals surface area contributed by atoms with Crippen LogP contribution >= 0.6 is 15.9 Å². The highest BCUT2D eigenvalue weighted by Crippen LogP contribution is 2.23. The highest BCUT2D eigenvalue weighted by atomic mass is 79.9. The van der Waals surface area contributed by atoms with E-state index in [0.717, 1.165) is 0 Å². The second-order valence-corrected chi connectivity index (χ2v) is 6.67. The third-order valence-corrected chi connectivity index (χ3v) is 3.60. The molecule has 1 heterocycles. The topological polar surface area (TPSA) is 85.3 Å². The van der Waals surface area contributed by atoms with Gasteiger partial charge in [0.15, 0.2) is 4.67 Å². The molecule has 1 rings (SSSR count). The summed E-state index contributed by atoms with van der Waals surface area (Å²) in [5.41, 5.74) is 2.61. The predicted octanol–water partition coefficient (Wildman–Crippen LogP) is 1.37. The third kappa shape index (κ3) is 4.65. The van der Waals surface area contributed by atoms with Gasteiger partial charge < -0.3 is 4.42 Å². The molecule has 0 aliphatic heterocycles. The van der Waals surface area contributed by atoms with Crippen LogP contribution < -0.4 is 11.3 Å². The Kier molecular flexibility index (Phi) is 4.97. The number of hydrogen-bond acceptors (Lipinski definition) is 5. The van der Waals surface area contributed by atoms with Crippen LogP contribution in [0.25, 0.3) is 0 Å². The van der Waals surface area contributed by atoms with Gasteiger partial charge in [-0.1, -0.05) is 0 Å². The standard InChI is InChI=1S/C9H15BrN2O3S/c1-16(13,14)6-2-3-7(12-11)8-4-5-9(10)15-8/h4-5,7,12H,2-3,6,11H2,1H3. The Morgan fingerprint density at radius 1 is 1.56 bits per heavy atom. The Morgan fingerprint density at radius 3 is 2.69 bits per heavy atom. The van der Waals surface area contributed by atoms with E-state index in [2.05, 4.69) is 21.4 Å². The molecule has 0 fully saturated rings. The normalized spacial score (nSPS) is 13.9. The molecule has 0 bridgehead atoms. The number of rotatable bonds is 6. The molecule has 1 aromatic heterocycles. The molecule has 1 unspecified atom stereocenters. The van der Waals surface area contributed by atoms with E-state index in [9.17, 15) is 8.42 Å². The van der Waals surface area contributed by atoms with Crippen LogP contribution in [0.2, 0.25) is 0 Å². The van der Waals surface area contributed by atoms with E-state index in [-0.39, 0.29) is 11.8 Å². The van der Waals surface area contributed by atoms with E-state index >= 15 is 0 Å². The van der Waals surface area contributed by atoms with Crippen molar-refractivity contribution in [1.82, 2.24) is 5.43 Å². The fourth-order valence-electron chi connectivity index (χ4n) is 1.37. The van der Waals surface area contributed by atoms with Crippen LogP contribution in [0, 0.1) is 0 Å². The van der Waals surface area contributed by atoms with E-state index in [1.807, 2.05) is 0 Å². The van der Waals surface area contributed by atoms with Crippen molar-refractivity contribution in [2.75, 3.05) is 12.0 Å². The maximum Gasteiger partial charge on any atom is 0.169 e. The highest BCUT2D eigenvalue weighted by Gasteiger charge is 2.14. The fourth-order valence-corrected chi connectivity index (χ4v) is 2.38. The zero-order chi connectivity index (χ0) is 12.2. The van der Waals surface area contributed by atoms with Crippen molar-refractivity contribution < 1.29 is 12.8 Å². The van der Waals surface area contributed by atoms with Gasteiger partial charge in [-0.25, -0.2) is 13.8 Å². The van der Waals surface area contributed by atoms with E-state index in [1.165, 1.54) is 6.26 Å². The summed E-state index contributed by atoms with van der Waals surface area (Å²) in [6.07, 6.45) is 2.39. The molecule has 0 radical (unpaired) electrons. The first-order chi connectivity index (χ1) is 7.42. The molecule has 7 heteroatoms. The molecule has 16 heavy (non-hydrogen) atoms.